The number of carbonyl (C=O) groups excluding carboxylic acids is 1. The fourth-order valence-corrected chi connectivity index (χ4v) is 6.68. The Labute approximate surface area is 216 Å². The summed E-state index contributed by atoms with van der Waals surface area (Å²) in [5.74, 6) is 0.215. The number of piperidine rings is 1. The van der Waals surface area contributed by atoms with Gasteiger partial charge in [0.05, 0.1) is 29.9 Å². The summed E-state index contributed by atoms with van der Waals surface area (Å²) in [6.45, 7) is 1.14. The van der Waals surface area contributed by atoms with Gasteiger partial charge in [0.2, 0.25) is 20.0 Å². The van der Waals surface area contributed by atoms with Crippen LogP contribution in [-0.4, -0.2) is 72.2 Å². The lowest BCUT2D eigenvalue weighted by molar-refractivity contribution is -0.127. The number of hydrogen-bond donors (Lipinski definition) is 1. The first-order chi connectivity index (χ1) is 17.1. The Morgan fingerprint density at radius 2 is 1.78 bits per heavy atom. The molecule has 0 saturated carbocycles. The van der Waals surface area contributed by atoms with Gasteiger partial charge in [-0.2, -0.15) is 4.31 Å². The third kappa shape index (κ3) is 6.05. The van der Waals surface area contributed by atoms with Crippen LogP contribution in [0.4, 0.5) is 5.69 Å². The average molecular weight is 558 g/mol. The van der Waals surface area contributed by atoms with Crippen LogP contribution in [0.1, 0.15) is 19.3 Å². The van der Waals surface area contributed by atoms with E-state index in [-0.39, 0.29) is 36.0 Å². The number of fused-ring (bicyclic) bond motifs is 1. The number of rotatable bonds is 8. The van der Waals surface area contributed by atoms with Crippen molar-refractivity contribution in [3.05, 3.63) is 47.5 Å². The summed E-state index contributed by atoms with van der Waals surface area (Å²) in [5.41, 5.74) is 0.281. The van der Waals surface area contributed by atoms with Gasteiger partial charge in [-0.15, -0.1) is 0 Å². The Hall–Kier alpha value is -2.54. The standard InChI is InChI=1S/C23H28ClN3O7S2/c1-35(29,30)27-16-22(34-21-10-5-17(24)15-20(21)27)23(28)25-11-14-33-18-6-8-19(9-7-18)36(31,32)26-12-3-2-4-13-26/h5-10,15,22H,2-4,11-14,16H2,1H3,(H,25,28)/t22-/m0/s1. The SMILES string of the molecule is CS(=O)(=O)N1C[C@@H](C(=O)NCCOc2ccc(S(=O)(=O)N3CCCCC3)cc2)Oc2ccc(Cl)cc21. The molecule has 1 saturated heterocycles. The van der Waals surface area contributed by atoms with Gasteiger partial charge < -0.3 is 14.8 Å². The van der Waals surface area contributed by atoms with Gasteiger partial charge >= 0.3 is 0 Å². The van der Waals surface area contributed by atoms with E-state index < -0.39 is 32.1 Å². The second-order valence-corrected chi connectivity index (χ2v) is 12.9. The maximum Gasteiger partial charge on any atom is 0.263 e. The number of nitrogens with one attached hydrogen (secondary N) is 1. The first-order valence-electron chi connectivity index (χ1n) is 11.5. The summed E-state index contributed by atoms with van der Waals surface area (Å²) in [4.78, 5) is 12.9. The van der Waals surface area contributed by atoms with Crippen molar-refractivity contribution in [3.63, 3.8) is 0 Å². The molecule has 0 aliphatic carbocycles. The molecular formula is C23H28ClN3O7S2. The zero-order valence-electron chi connectivity index (χ0n) is 19.7. The van der Waals surface area contributed by atoms with Crippen LogP contribution in [0.3, 0.4) is 0 Å². The molecule has 2 heterocycles. The molecule has 1 amide bonds. The smallest absolute Gasteiger partial charge is 0.263 e. The predicted molar refractivity (Wildman–Crippen MR) is 136 cm³/mol. The van der Waals surface area contributed by atoms with E-state index in [1.807, 2.05) is 0 Å². The first kappa shape index (κ1) is 26.5. The van der Waals surface area contributed by atoms with E-state index in [1.165, 1.54) is 28.6 Å². The number of nitrogens with zero attached hydrogens (tertiary/aromatic N) is 2. The molecule has 0 unspecified atom stereocenters. The van der Waals surface area contributed by atoms with Crippen LogP contribution in [0.15, 0.2) is 47.4 Å². The van der Waals surface area contributed by atoms with Crippen molar-refractivity contribution in [1.29, 1.82) is 0 Å². The lowest BCUT2D eigenvalue weighted by atomic mass is 10.2. The molecular weight excluding hydrogens is 530 g/mol. The molecule has 0 spiro atoms. The molecule has 1 N–H and O–H groups in total. The predicted octanol–water partition coefficient (Wildman–Crippen LogP) is 2.24. The molecule has 0 radical (unpaired) electrons. The molecule has 1 fully saturated rings. The summed E-state index contributed by atoms with van der Waals surface area (Å²) in [6.07, 6.45) is 2.78. The molecule has 4 rings (SSSR count). The molecule has 2 aromatic rings. The maximum atomic E-state index is 12.7. The minimum atomic E-state index is -3.66. The quantitative estimate of drug-likeness (QED) is 0.494. The van der Waals surface area contributed by atoms with Gasteiger partial charge in [-0.25, -0.2) is 16.8 Å². The van der Waals surface area contributed by atoms with Gasteiger partial charge in [0.15, 0.2) is 6.10 Å². The van der Waals surface area contributed by atoms with Crippen LogP contribution in [0.5, 0.6) is 11.5 Å². The number of carbonyl (C=O) groups is 1. The number of ether oxygens (including phenoxy) is 2. The third-order valence-corrected chi connectivity index (χ3v) is 9.22. The highest BCUT2D eigenvalue weighted by Gasteiger charge is 2.35. The van der Waals surface area contributed by atoms with Crippen LogP contribution in [0, 0.1) is 0 Å². The van der Waals surface area contributed by atoms with Crippen molar-refractivity contribution < 1.29 is 31.1 Å². The molecule has 0 bridgehead atoms. The zero-order chi connectivity index (χ0) is 25.9. The molecule has 2 aliphatic heterocycles. The van der Waals surface area contributed by atoms with Crippen LogP contribution in [0.2, 0.25) is 5.02 Å². The third-order valence-electron chi connectivity index (χ3n) is 5.93. The average Bonchev–Trinajstić information content (AvgIpc) is 2.86. The fourth-order valence-electron chi connectivity index (χ4n) is 4.09. The minimum absolute atomic E-state index is 0.124. The highest BCUT2D eigenvalue weighted by atomic mass is 35.5. The molecule has 2 aromatic carbocycles. The summed E-state index contributed by atoms with van der Waals surface area (Å²) in [7, 11) is -7.17. The first-order valence-corrected chi connectivity index (χ1v) is 15.2. The minimum Gasteiger partial charge on any atom is -0.492 e. The van der Waals surface area contributed by atoms with Gasteiger partial charge in [0, 0.05) is 18.1 Å². The Bertz CT molecular complexity index is 1310. The summed E-state index contributed by atoms with van der Waals surface area (Å²) >= 11 is 5.99. The Kier molecular flexibility index (Phi) is 7.98. The molecule has 36 heavy (non-hydrogen) atoms. The monoisotopic (exact) mass is 557 g/mol. The van der Waals surface area contributed by atoms with Crippen molar-refractivity contribution in [1.82, 2.24) is 9.62 Å². The number of amides is 1. The molecule has 0 aromatic heterocycles. The lowest BCUT2D eigenvalue weighted by Gasteiger charge is -2.34. The van der Waals surface area contributed by atoms with E-state index in [2.05, 4.69) is 5.32 Å². The normalized spacial score (nSPS) is 18.7. The van der Waals surface area contributed by atoms with Gasteiger partial charge in [-0.3, -0.25) is 9.10 Å². The topological polar surface area (TPSA) is 122 Å². The highest BCUT2D eigenvalue weighted by Crippen LogP contribution is 2.37. The fraction of sp³-hybridized carbons (Fsp3) is 0.435. The van der Waals surface area contributed by atoms with Gasteiger partial charge in [0.1, 0.15) is 18.1 Å². The van der Waals surface area contributed by atoms with E-state index in [4.69, 9.17) is 21.1 Å². The number of halogens is 1. The van der Waals surface area contributed by atoms with Crippen molar-refractivity contribution in [2.24, 2.45) is 0 Å². The van der Waals surface area contributed by atoms with Gasteiger partial charge in [-0.05, 0) is 55.3 Å². The number of anilines is 1. The lowest BCUT2D eigenvalue weighted by Crippen LogP contribution is -2.51. The van der Waals surface area contributed by atoms with Gasteiger partial charge in [-0.1, -0.05) is 18.0 Å². The number of benzene rings is 2. The highest BCUT2D eigenvalue weighted by molar-refractivity contribution is 7.92. The molecule has 2 aliphatic rings. The van der Waals surface area contributed by atoms with E-state index in [0.29, 0.717) is 23.9 Å². The van der Waals surface area contributed by atoms with Crippen LogP contribution >= 0.6 is 11.6 Å². The van der Waals surface area contributed by atoms with Crippen molar-refractivity contribution in [2.75, 3.05) is 43.3 Å². The van der Waals surface area contributed by atoms with E-state index in [0.717, 1.165) is 29.8 Å². The second-order valence-electron chi connectivity index (χ2n) is 8.59. The van der Waals surface area contributed by atoms with Crippen molar-refractivity contribution >= 4 is 43.2 Å². The Morgan fingerprint density at radius 1 is 1.08 bits per heavy atom. The largest absolute Gasteiger partial charge is 0.492 e. The van der Waals surface area contributed by atoms with E-state index in [9.17, 15) is 21.6 Å². The zero-order valence-corrected chi connectivity index (χ0v) is 22.1. The summed E-state index contributed by atoms with van der Waals surface area (Å²) in [5, 5.41) is 3.03. The van der Waals surface area contributed by atoms with Crippen molar-refractivity contribution in [2.45, 2.75) is 30.3 Å². The second kappa shape index (κ2) is 10.8. The molecule has 10 nitrogen and oxygen atoms in total. The van der Waals surface area contributed by atoms with Crippen LogP contribution in [0.25, 0.3) is 0 Å². The molecule has 196 valence electrons. The van der Waals surface area contributed by atoms with Crippen LogP contribution in [-0.2, 0) is 24.8 Å². The molecule has 13 heteroatoms. The number of hydrogen-bond acceptors (Lipinski definition) is 7. The summed E-state index contributed by atoms with van der Waals surface area (Å²) in [6, 6.07) is 10.7. The van der Waals surface area contributed by atoms with Gasteiger partial charge in [0.25, 0.3) is 5.91 Å². The Balaban J connectivity index is 1.30. The molecule has 1 atom stereocenters. The van der Waals surface area contributed by atoms with E-state index >= 15 is 0 Å². The van der Waals surface area contributed by atoms with E-state index in [1.54, 1.807) is 18.2 Å². The Morgan fingerprint density at radius 3 is 2.44 bits per heavy atom. The van der Waals surface area contributed by atoms with Crippen LogP contribution < -0.4 is 19.1 Å². The maximum absolute atomic E-state index is 12.7. The summed E-state index contributed by atoms with van der Waals surface area (Å²) < 4.78 is 63.9. The number of sulfonamides is 2. The van der Waals surface area contributed by atoms with Crippen molar-refractivity contribution in [3.8, 4) is 11.5 Å².